The number of nitrogens with one attached hydrogen (secondary N) is 1. The van der Waals surface area contributed by atoms with E-state index in [0.717, 1.165) is 54.0 Å². The number of hydrazone groups is 1. The van der Waals surface area contributed by atoms with Crippen molar-refractivity contribution < 1.29 is 23.2 Å². The number of fused-ring (bicyclic) bond motifs is 1. The summed E-state index contributed by atoms with van der Waals surface area (Å²) in [7, 11) is 0. The molecule has 0 spiro atoms. The molecule has 0 radical (unpaired) electrons. The lowest BCUT2D eigenvalue weighted by atomic mass is 9.79. The van der Waals surface area contributed by atoms with Crippen LogP contribution in [0.25, 0.3) is 6.08 Å². The Kier molecular flexibility index (Phi) is 6.55. The highest BCUT2D eigenvalue weighted by molar-refractivity contribution is 6.10. The Bertz CT molecular complexity index is 1170. The molecule has 2 aliphatic heterocycles. The zero-order valence-electron chi connectivity index (χ0n) is 20.7. The summed E-state index contributed by atoms with van der Waals surface area (Å²) in [6.45, 7) is 3.60. The fraction of sp³-hybridized carbons (Fsp3) is 0.481. The summed E-state index contributed by atoms with van der Waals surface area (Å²) < 4.78 is 11.2. The molecular formula is C27H32N4O5. The number of allylic oxidation sites excluding steroid dienone is 1. The summed E-state index contributed by atoms with van der Waals surface area (Å²) >= 11 is 0. The molecule has 2 aromatic heterocycles. The molecule has 1 saturated carbocycles. The maximum atomic E-state index is 13.7. The third-order valence-electron chi connectivity index (χ3n) is 7.34. The highest BCUT2D eigenvalue weighted by Crippen LogP contribution is 2.44. The van der Waals surface area contributed by atoms with Crippen LogP contribution < -0.4 is 5.32 Å². The average Bonchev–Trinajstić information content (AvgIpc) is 3.65. The number of nitrogens with zero attached hydrogens (tertiary/aromatic N) is 3. The molecule has 2 fully saturated rings. The van der Waals surface area contributed by atoms with Crippen molar-refractivity contribution in [3.05, 3.63) is 53.9 Å². The van der Waals surface area contributed by atoms with E-state index in [4.69, 9.17) is 13.9 Å². The van der Waals surface area contributed by atoms with Crippen LogP contribution in [0.15, 0.2) is 56.3 Å². The lowest BCUT2D eigenvalue weighted by Gasteiger charge is -2.28. The van der Waals surface area contributed by atoms with E-state index in [1.807, 2.05) is 38.1 Å². The SMILES string of the molecule is CCCC1(CCC)NC(=O)N(CC(=O)N2N=C3/C(=C/c4ccco4)CCC[C@H]3[C@H]2c2ccco2)C1=O. The predicted molar refractivity (Wildman–Crippen MR) is 133 cm³/mol. The van der Waals surface area contributed by atoms with E-state index in [1.165, 1.54) is 5.01 Å². The largest absolute Gasteiger partial charge is 0.467 e. The van der Waals surface area contributed by atoms with Gasteiger partial charge < -0.3 is 14.2 Å². The fourth-order valence-electron chi connectivity index (χ4n) is 5.84. The fourth-order valence-corrected chi connectivity index (χ4v) is 5.84. The Morgan fingerprint density at radius 3 is 2.58 bits per heavy atom. The summed E-state index contributed by atoms with van der Waals surface area (Å²) in [6, 6.07) is 6.40. The molecule has 0 bridgehead atoms. The molecule has 2 aromatic rings. The van der Waals surface area contributed by atoms with Crippen molar-refractivity contribution in [3.8, 4) is 0 Å². The zero-order chi connectivity index (χ0) is 25.3. The Hall–Kier alpha value is -3.62. The van der Waals surface area contributed by atoms with Crippen LogP contribution in [-0.4, -0.2) is 45.5 Å². The first-order valence-electron chi connectivity index (χ1n) is 12.8. The number of amides is 4. The predicted octanol–water partition coefficient (Wildman–Crippen LogP) is 4.89. The lowest BCUT2D eigenvalue weighted by molar-refractivity contribution is -0.140. The van der Waals surface area contributed by atoms with Crippen molar-refractivity contribution in [2.75, 3.05) is 6.54 Å². The van der Waals surface area contributed by atoms with Crippen molar-refractivity contribution in [3.63, 3.8) is 0 Å². The van der Waals surface area contributed by atoms with Gasteiger partial charge in [0.2, 0.25) is 0 Å². The maximum Gasteiger partial charge on any atom is 0.325 e. The first kappa shape index (κ1) is 24.1. The van der Waals surface area contributed by atoms with Gasteiger partial charge in [0.05, 0.1) is 18.2 Å². The Morgan fingerprint density at radius 2 is 1.92 bits per heavy atom. The monoisotopic (exact) mass is 492 g/mol. The topological polar surface area (TPSA) is 108 Å². The van der Waals surface area contributed by atoms with Crippen LogP contribution in [0.3, 0.4) is 0 Å². The van der Waals surface area contributed by atoms with Crippen LogP contribution in [0.5, 0.6) is 0 Å². The van der Waals surface area contributed by atoms with Crippen LogP contribution in [0.4, 0.5) is 4.79 Å². The molecule has 9 heteroatoms. The minimum Gasteiger partial charge on any atom is -0.467 e. The molecule has 1 saturated heterocycles. The molecule has 1 N–H and O–H groups in total. The van der Waals surface area contributed by atoms with E-state index in [1.54, 1.807) is 18.6 Å². The molecule has 3 aliphatic rings. The van der Waals surface area contributed by atoms with Gasteiger partial charge in [-0.05, 0) is 68.0 Å². The number of rotatable bonds is 8. The van der Waals surface area contributed by atoms with Crippen LogP contribution in [0.2, 0.25) is 0 Å². The molecular weight excluding hydrogens is 460 g/mol. The third kappa shape index (κ3) is 4.16. The molecule has 0 aromatic carbocycles. The molecule has 5 rings (SSSR count). The number of imide groups is 1. The first-order valence-corrected chi connectivity index (χ1v) is 12.8. The third-order valence-corrected chi connectivity index (χ3v) is 7.34. The van der Waals surface area contributed by atoms with Gasteiger partial charge in [-0.3, -0.25) is 14.5 Å². The van der Waals surface area contributed by atoms with Gasteiger partial charge in [-0.1, -0.05) is 26.7 Å². The van der Waals surface area contributed by atoms with Crippen LogP contribution in [0, 0.1) is 5.92 Å². The van der Waals surface area contributed by atoms with Crippen molar-refractivity contribution in [2.24, 2.45) is 11.0 Å². The molecule has 2 atom stereocenters. The molecule has 36 heavy (non-hydrogen) atoms. The normalized spacial score (nSPS) is 24.3. The summed E-state index contributed by atoms with van der Waals surface area (Å²) in [5.74, 6) is 0.576. The number of hydrogen-bond donors (Lipinski definition) is 1. The van der Waals surface area contributed by atoms with E-state index in [-0.39, 0.29) is 18.4 Å². The minimum atomic E-state index is -0.939. The number of carbonyl (C=O) groups is 3. The minimum absolute atomic E-state index is 0.0440. The van der Waals surface area contributed by atoms with E-state index in [0.29, 0.717) is 18.6 Å². The quantitative estimate of drug-likeness (QED) is 0.528. The molecule has 1 aliphatic carbocycles. The van der Waals surface area contributed by atoms with Gasteiger partial charge in [0.15, 0.2) is 0 Å². The second-order valence-electron chi connectivity index (χ2n) is 9.77. The summed E-state index contributed by atoms with van der Waals surface area (Å²) in [5.41, 5.74) is 0.911. The zero-order valence-corrected chi connectivity index (χ0v) is 20.7. The van der Waals surface area contributed by atoms with Crippen molar-refractivity contribution in [1.29, 1.82) is 0 Å². The molecule has 4 heterocycles. The molecule has 190 valence electrons. The van der Waals surface area contributed by atoms with E-state index in [2.05, 4.69) is 5.32 Å². The summed E-state index contributed by atoms with van der Waals surface area (Å²) in [6.07, 6.45) is 10.4. The smallest absolute Gasteiger partial charge is 0.325 e. The average molecular weight is 493 g/mol. The van der Waals surface area contributed by atoms with Crippen molar-refractivity contribution in [2.45, 2.75) is 70.4 Å². The highest BCUT2D eigenvalue weighted by Gasteiger charge is 2.52. The van der Waals surface area contributed by atoms with E-state index < -0.39 is 23.5 Å². The van der Waals surface area contributed by atoms with Crippen molar-refractivity contribution in [1.82, 2.24) is 15.2 Å². The Labute approximate surface area is 210 Å². The van der Waals surface area contributed by atoms with Crippen LogP contribution >= 0.6 is 0 Å². The van der Waals surface area contributed by atoms with E-state index in [9.17, 15) is 14.4 Å². The second kappa shape index (κ2) is 9.79. The number of carbonyl (C=O) groups excluding carboxylic acids is 3. The number of urea groups is 1. The number of furan rings is 2. The van der Waals surface area contributed by atoms with Gasteiger partial charge in [0, 0.05) is 5.92 Å². The second-order valence-corrected chi connectivity index (χ2v) is 9.77. The van der Waals surface area contributed by atoms with Gasteiger partial charge in [0.25, 0.3) is 11.8 Å². The Balaban J connectivity index is 1.44. The van der Waals surface area contributed by atoms with E-state index >= 15 is 0 Å². The first-order chi connectivity index (χ1) is 17.5. The van der Waals surface area contributed by atoms with Gasteiger partial charge in [-0.25, -0.2) is 9.80 Å². The maximum absolute atomic E-state index is 13.7. The van der Waals surface area contributed by atoms with Gasteiger partial charge in [-0.15, -0.1) is 0 Å². The van der Waals surface area contributed by atoms with Crippen LogP contribution in [0.1, 0.15) is 76.4 Å². The molecule has 4 amide bonds. The van der Waals surface area contributed by atoms with Crippen LogP contribution in [-0.2, 0) is 9.59 Å². The standard InChI is InChI=1S/C27H32N4O5/c1-3-12-27(13-4-2)25(33)30(26(34)28-27)17-22(32)31-24(21-11-7-15-36-21)20-10-5-8-18(23(20)29-31)16-19-9-6-14-35-19/h6-7,9,11,14-16,20,24H,3-5,8,10,12-13,17H2,1-2H3,(H,28,34)/b18-16+/t20-,24+/m1/s1. The highest BCUT2D eigenvalue weighted by atomic mass is 16.3. The molecule has 0 unspecified atom stereocenters. The number of hydrogen-bond acceptors (Lipinski definition) is 6. The van der Waals surface area contributed by atoms with Gasteiger partial charge >= 0.3 is 6.03 Å². The lowest BCUT2D eigenvalue weighted by Crippen LogP contribution is -2.47. The summed E-state index contributed by atoms with van der Waals surface area (Å²) in [5, 5.41) is 9.07. The van der Waals surface area contributed by atoms with Gasteiger partial charge in [-0.2, -0.15) is 5.10 Å². The van der Waals surface area contributed by atoms with Crippen molar-refractivity contribution >= 4 is 29.6 Å². The van der Waals surface area contributed by atoms with Gasteiger partial charge in [0.1, 0.15) is 29.6 Å². The Morgan fingerprint density at radius 1 is 1.17 bits per heavy atom. The molecule has 9 nitrogen and oxygen atoms in total. The summed E-state index contributed by atoms with van der Waals surface area (Å²) in [4.78, 5) is 40.9.